The molecule has 0 bridgehead atoms. The maximum atomic E-state index is 12.5. The normalized spacial score (nSPS) is 9.44. The molecule has 0 unspecified atom stereocenters. The van der Waals surface area contributed by atoms with Gasteiger partial charge in [0.25, 0.3) is 0 Å². The van der Waals surface area contributed by atoms with Crippen LogP contribution in [0.5, 0.6) is 0 Å². The smallest absolute Gasteiger partial charge is 0.130 e. The quantitative estimate of drug-likeness (QED) is 0.474. The number of rotatable bonds is 0. The van der Waals surface area contributed by atoms with Gasteiger partial charge >= 0.3 is 0 Å². The molecule has 1 aromatic carbocycles. The lowest BCUT2D eigenvalue weighted by Crippen LogP contribution is -2.24. The molecule has 0 aliphatic heterocycles. The second-order valence-corrected chi connectivity index (χ2v) is 1.88. The van der Waals surface area contributed by atoms with Crippen molar-refractivity contribution in [1.29, 1.82) is 0 Å². The Morgan fingerprint density at radius 1 is 1.22 bits per heavy atom. The van der Waals surface area contributed by atoms with E-state index in [1.54, 1.807) is 12.1 Å². The summed E-state index contributed by atoms with van der Waals surface area (Å²) in [5, 5.41) is 1.03. The summed E-state index contributed by atoms with van der Waals surface area (Å²) in [5.74, 6) is -0.289. The Kier molecular flexibility index (Phi) is 1.35. The Bertz CT molecular complexity index is 301. The Labute approximate surface area is 52.9 Å². The molecule has 0 amide bonds. The highest BCUT2D eigenvalue weighted by molar-refractivity contribution is 5.17. The van der Waals surface area contributed by atoms with Crippen molar-refractivity contribution in [2.45, 2.75) is 0 Å². The number of hydrogen-bond acceptors (Lipinski definition) is 0. The first-order valence-corrected chi connectivity index (χ1v) is 2.64. The van der Waals surface area contributed by atoms with Crippen LogP contribution in [0.25, 0.3) is 13.2 Å². The minimum atomic E-state index is -0.289. The van der Waals surface area contributed by atoms with Crippen LogP contribution in [0.2, 0.25) is 0 Å². The minimum absolute atomic E-state index is 0.289. The molecule has 0 aliphatic rings. The van der Waals surface area contributed by atoms with Gasteiger partial charge in [0.05, 0.1) is 0 Å². The fraction of sp³-hybridized carbons (Fsp3) is 0. The SMILES string of the molecule is C=c1cccc(F)c1=C. The highest BCUT2D eigenvalue weighted by atomic mass is 19.1. The van der Waals surface area contributed by atoms with Gasteiger partial charge in [-0.1, -0.05) is 25.3 Å². The van der Waals surface area contributed by atoms with Gasteiger partial charge in [-0.15, -0.1) is 0 Å². The molecule has 0 heterocycles. The van der Waals surface area contributed by atoms with Crippen LogP contribution < -0.4 is 10.4 Å². The van der Waals surface area contributed by atoms with Gasteiger partial charge in [-0.3, -0.25) is 0 Å². The molecular weight excluding hydrogens is 115 g/mol. The maximum absolute atomic E-state index is 12.5. The van der Waals surface area contributed by atoms with Crippen molar-refractivity contribution in [3.8, 4) is 0 Å². The Balaban J connectivity index is 3.63. The van der Waals surface area contributed by atoms with Gasteiger partial charge < -0.3 is 0 Å². The van der Waals surface area contributed by atoms with Gasteiger partial charge in [-0.2, -0.15) is 0 Å². The molecule has 46 valence electrons. The zero-order chi connectivity index (χ0) is 6.85. The molecule has 1 rings (SSSR count). The standard InChI is InChI=1S/C8H7F/c1-6-4-3-5-8(9)7(6)2/h3-5H,1-2H2. The van der Waals surface area contributed by atoms with E-state index in [1.165, 1.54) is 6.07 Å². The van der Waals surface area contributed by atoms with Crippen molar-refractivity contribution in [3.63, 3.8) is 0 Å². The largest absolute Gasteiger partial charge is 0.206 e. The monoisotopic (exact) mass is 122 g/mol. The lowest BCUT2D eigenvalue weighted by molar-refractivity contribution is 0.618. The van der Waals surface area contributed by atoms with Crippen LogP contribution in [-0.4, -0.2) is 0 Å². The summed E-state index contributed by atoms with van der Waals surface area (Å²) in [4.78, 5) is 0. The summed E-state index contributed by atoms with van der Waals surface area (Å²) >= 11 is 0. The zero-order valence-electron chi connectivity index (χ0n) is 5.02. The Morgan fingerprint density at radius 2 is 1.89 bits per heavy atom. The predicted octanol–water partition coefficient (Wildman–Crippen LogP) is 0.646. The minimum Gasteiger partial charge on any atom is -0.206 e. The first-order valence-electron chi connectivity index (χ1n) is 2.64. The van der Waals surface area contributed by atoms with E-state index in [4.69, 9.17) is 0 Å². The highest BCUT2D eigenvalue weighted by Gasteiger charge is 1.86. The average Bonchev–Trinajstić information content (AvgIpc) is 1.83. The van der Waals surface area contributed by atoms with Crippen LogP contribution in [0, 0.1) is 5.82 Å². The molecule has 0 N–H and O–H groups in total. The summed E-state index contributed by atoms with van der Waals surface area (Å²) < 4.78 is 12.5. The molecule has 1 heteroatoms. The van der Waals surface area contributed by atoms with Crippen LogP contribution in [-0.2, 0) is 0 Å². The summed E-state index contributed by atoms with van der Waals surface area (Å²) in [6.07, 6.45) is 0. The fourth-order valence-electron chi connectivity index (χ4n) is 0.603. The summed E-state index contributed by atoms with van der Waals surface area (Å²) in [7, 11) is 0. The molecule has 0 spiro atoms. The number of hydrogen-bond donors (Lipinski definition) is 0. The van der Waals surface area contributed by atoms with Crippen LogP contribution in [0.1, 0.15) is 0 Å². The number of benzene rings is 1. The molecule has 0 saturated heterocycles. The predicted molar refractivity (Wildman–Crippen MR) is 36.7 cm³/mol. The average molecular weight is 122 g/mol. The van der Waals surface area contributed by atoms with E-state index in [0.29, 0.717) is 10.4 Å². The highest BCUT2D eigenvalue weighted by Crippen LogP contribution is 1.80. The molecule has 0 aliphatic carbocycles. The summed E-state index contributed by atoms with van der Waals surface area (Å²) in [5.41, 5.74) is 0. The molecule has 0 atom stereocenters. The van der Waals surface area contributed by atoms with Crippen molar-refractivity contribution in [2.24, 2.45) is 0 Å². The summed E-state index contributed by atoms with van der Waals surface area (Å²) in [6, 6.07) is 4.72. The molecule has 0 aromatic heterocycles. The van der Waals surface area contributed by atoms with Crippen molar-refractivity contribution in [1.82, 2.24) is 0 Å². The van der Waals surface area contributed by atoms with E-state index < -0.39 is 0 Å². The first kappa shape index (κ1) is 6.02. The third-order valence-corrected chi connectivity index (χ3v) is 1.22. The van der Waals surface area contributed by atoms with Crippen LogP contribution >= 0.6 is 0 Å². The van der Waals surface area contributed by atoms with Gasteiger partial charge in [0.1, 0.15) is 5.82 Å². The van der Waals surface area contributed by atoms with E-state index in [0.717, 1.165) is 0 Å². The molecular formula is C8H7F. The van der Waals surface area contributed by atoms with E-state index in [-0.39, 0.29) is 5.82 Å². The van der Waals surface area contributed by atoms with Crippen molar-refractivity contribution in [2.75, 3.05) is 0 Å². The van der Waals surface area contributed by atoms with Gasteiger partial charge in [0, 0.05) is 5.22 Å². The third-order valence-electron chi connectivity index (χ3n) is 1.22. The van der Waals surface area contributed by atoms with Gasteiger partial charge in [-0.05, 0) is 11.3 Å². The zero-order valence-corrected chi connectivity index (χ0v) is 5.02. The lowest BCUT2D eigenvalue weighted by atomic mass is 10.2. The van der Waals surface area contributed by atoms with Crippen LogP contribution in [0.4, 0.5) is 4.39 Å². The van der Waals surface area contributed by atoms with Crippen molar-refractivity contribution < 1.29 is 4.39 Å². The summed E-state index contributed by atoms with van der Waals surface area (Å²) in [6.45, 7) is 7.06. The molecule has 9 heavy (non-hydrogen) atoms. The van der Waals surface area contributed by atoms with Crippen LogP contribution in [0.15, 0.2) is 18.2 Å². The van der Waals surface area contributed by atoms with E-state index in [2.05, 4.69) is 13.2 Å². The lowest BCUT2D eigenvalue weighted by Gasteiger charge is -1.86. The Hall–Kier alpha value is -1.11. The van der Waals surface area contributed by atoms with E-state index in [1.807, 2.05) is 0 Å². The van der Waals surface area contributed by atoms with Crippen molar-refractivity contribution >= 4 is 13.2 Å². The number of halogens is 1. The molecule has 0 saturated carbocycles. The van der Waals surface area contributed by atoms with Gasteiger partial charge in [0.2, 0.25) is 0 Å². The maximum Gasteiger partial charge on any atom is 0.130 e. The van der Waals surface area contributed by atoms with Gasteiger partial charge in [0.15, 0.2) is 0 Å². The third kappa shape index (κ3) is 0.992. The van der Waals surface area contributed by atoms with Crippen molar-refractivity contribution in [3.05, 3.63) is 34.5 Å². The van der Waals surface area contributed by atoms with Crippen LogP contribution in [0.3, 0.4) is 0 Å². The van der Waals surface area contributed by atoms with Gasteiger partial charge in [-0.25, -0.2) is 4.39 Å². The topological polar surface area (TPSA) is 0 Å². The molecule has 0 radical (unpaired) electrons. The first-order chi connectivity index (χ1) is 4.22. The molecule has 0 fully saturated rings. The molecule has 1 aromatic rings. The molecule has 0 nitrogen and oxygen atoms in total. The fourth-order valence-corrected chi connectivity index (χ4v) is 0.603. The second-order valence-electron chi connectivity index (χ2n) is 1.88. The Morgan fingerprint density at radius 3 is 2.33 bits per heavy atom. The second kappa shape index (κ2) is 2.02. The van der Waals surface area contributed by atoms with E-state index >= 15 is 0 Å². The van der Waals surface area contributed by atoms with E-state index in [9.17, 15) is 4.39 Å².